The zero-order chi connectivity index (χ0) is 18.8. The molecule has 0 spiro atoms. The minimum atomic E-state index is -0.901. The first kappa shape index (κ1) is 17.0. The number of rotatable bonds is 5. The number of carbonyl (C=O) groups excluding carboxylic acids is 1. The van der Waals surface area contributed by atoms with E-state index in [0.717, 1.165) is 18.2 Å². The summed E-state index contributed by atoms with van der Waals surface area (Å²) in [6.45, 7) is 1.63. The quantitative estimate of drug-likeness (QED) is 0.390. The molecule has 2 heterocycles. The van der Waals surface area contributed by atoms with Crippen molar-refractivity contribution in [3.05, 3.63) is 79.8 Å². The van der Waals surface area contributed by atoms with Gasteiger partial charge >= 0.3 is 5.97 Å². The number of benzene rings is 1. The van der Waals surface area contributed by atoms with Gasteiger partial charge < -0.3 is 9.14 Å². The van der Waals surface area contributed by atoms with Crippen LogP contribution in [0.15, 0.2) is 42.6 Å². The first-order chi connectivity index (χ1) is 12.4. The predicted octanol–water partition coefficient (Wildman–Crippen LogP) is 2.82. The number of imidazole rings is 1. The summed E-state index contributed by atoms with van der Waals surface area (Å²) in [6.07, 6.45) is 1.76. The lowest BCUT2D eigenvalue weighted by Gasteiger charge is -2.06. The molecule has 3 aromatic rings. The van der Waals surface area contributed by atoms with Crippen LogP contribution < -0.4 is 0 Å². The second-order valence-electron chi connectivity index (χ2n) is 5.40. The Hall–Kier alpha value is -3.82. The maximum Gasteiger partial charge on any atom is 0.339 e. The van der Waals surface area contributed by atoms with Crippen LogP contribution in [0.1, 0.15) is 21.7 Å². The molecule has 10 heteroatoms. The van der Waals surface area contributed by atoms with Crippen molar-refractivity contribution in [1.82, 2.24) is 9.38 Å². The van der Waals surface area contributed by atoms with E-state index in [1.54, 1.807) is 29.7 Å². The van der Waals surface area contributed by atoms with Crippen LogP contribution in [0, 0.1) is 27.2 Å². The second-order valence-corrected chi connectivity index (χ2v) is 5.40. The molecular formula is C16H12N4O6. The van der Waals surface area contributed by atoms with Crippen LogP contribution in [0.5, 0.6) is 0 Å². The molecule has 1 aromatic carbocycles. The van der Waals surface area contributed by atoms with E-state index in [2.05, 4.69) is 4.98 Å². The zero-order valence-electron chi connectivity index (χ0n) is 13.5. The van der Waals surface area contributed by atoms with Crippen LogP contribution in [0.3, 0.4) is 0 Å². The van der Waals surface area contributed by atoms with E-state index in [4.69, 9.17) is 4.74 Å². The molecule has 0 N–H and O–H groups in total. The number of esters is 1. The molecule has 0 aliphatic rings. The number of pyridine rings is 1. The summed E-state index contributed by atoms with van der Waals surface area (Å²) in [5.41, 5.74) is 0.594. The Bertz CT molecular complexity index is 1010. The van der Waals surface area contributed by atoms with Crippen molar-refractivity contribution in [1.29, 1.82) is 0 Å². The normalized spacial score (nSPS) is 10.7. The standard InChI is InChI=1S/C16H12N4O6/c1-10-14(18-5-3-2-4-15(18)17-10)9-26-16(21)11-6-12(19(22)23)8-13(7-11)20(24)25/h2-8H,9H2,1H3. The van der Waals surface area contributed by atoms with Gasteiger partial charge in [0.05, 0.1) is 32.9 Å². The highest BCUT2D eigenvalue weighted by Gasteiger charge is 2.21. The molecule has 0 atom stereocenters. The van der Waals surface area contributed by atoms with Crippen molar-refractivity contribution in [2.24, 2.45) is 0 Å². The highest BCUT2D eigenvalue weighted by molar-refractivity contribution is 5.91. The SMILES string of the molecule is Cc1nc2ccccn2c1COC(=O)c1cc([N+](=O)[O-])cc([N+](=O)[O-])c1. The molecule has 0 saturated carbocycles. The van der Waals surface area contributed by atoms with E-state index in [0.29, 0.717) is 17.0 Å². The maximum atomic E-state index is 12.2. The number of aromatic nitrogens is 2. The van der Waals surface area contributed by atoms with Gasteiger partial charge in [0.1, 0.15) is 12.3 Å². The molecule has 3 rings (SSSR count). The van der Waals surface area contributed by atoms with Crippen LogP contribution >= 0.6 is 0 Å². The smallest absolute Gasteiger partial charge is 0.339 e. The third-order valence-corrected chi connectivity index (χ3v) is 3.73. The zero-order valence-corrected chi connectivity index (χ0v) is 13.5. The highest BCUT2D eigenvalue weighted by Crippen LogP contribution is 2.23. The summed E-state index contributed by atoms with van der Waals surface area (Å²) >= 11 is 0. The molecule has 10 nitrogen and oxygen atoms in total. The largest absolute Gasteiger partial charge is 0.456 e. The van der Waals surface area contributed by atoms with Gasteiger partial charge in [0.15, 0.2) is 0 Å². The second kappa shape index (κ2) is 6.59. The van der Waals surface area contributed by atoms with E-state index in [9.17, 15) is 25.0 Å². The number of non-ortho nitro benzene ring substituents is 2. The van der Waals surface area contributed by atoms with E-state index < -0.39 is 27.2 Å². The Balaban J connectivity index is 1.87. The van der Waals surface area contributed by atoms with Gasteiger partial charge in [-0.15, -0.1) is 0 Å². The molecule has 0 amide bonds. The molecule has 132 valence electrons. The minimum absolute atomic E-state index is 0.133. The third kappa shape index (κ3) is 3.20. The average Bonchev–Trinajstić information content (AvgIpc) is 2.94. The van der Waals surface area contributed by atoms with Crippen molar-refractivity contribution in [3.8, 4) is 0 Å². The first-order valence-corrected chi connectivity index (χ1v) is 7.40. The molecule has 0 aliphatic heterocycles. The molecule has 0 aliphatic carbocycles. The van der Waals surface area contributed by atoms with Crippen LogP contribution in [-0.4, -0.2) is 25.2 Å². The molecule has 26 heavy (non-hydrogen) atoms. The Morgan fingerprint density at radius 2 is 1.81 bits per heavy atom. The Morgan fingerprint density at radius 3 is 2.42 bits per heavy atom. The minimum Gasteiger partial charge on any atom is -0.456 e. The van der Waals surface area contributed by atoms with Gasteiger partial charge in [-0.3, -0.25) is 20.2 Å². The number of nitro benzene ring substituents is 2. The summed E-state index contributed by atoms with van der Waals surface area (Å²) in [5.74, 6) is -0.901. The summed E-state index contributed by atoms with van der Waals surface area (Å²) < 4.78 is 6.93. The lowest BCUT2D eigenvalue weighted by Crippen LogP contribution is -2.08. The van der Waals surface area contributed by atoms with Crippen LogP contribution in [0.2, 0.25) is 0 Å². The predicted molar refractivity (Wildman–Crippen MR) is 88.8 cm³/mol. The molecule has 0 saturated heterocycles. The van der Waals surface area contributed by atoms with Gasteiger partial charge in [-0.25, -0.2) is 9.78 Å². The number of ether oxygens (including phenoxy) is 1. The number of hydrogen-bond donors (Lipinski definition) is 0. The monoisotopic (exact) mass is 356 g/mol. The number of aryl methyl sites for hydroxylation is 1. The van der Waals surface area contributed by atoms with Crippen LogP contribution in [0.4, 0.5) is 11.4 Å². The molecule has 0 bridgehead atoms. The molecule has 0 unspecified atom stereocenters. The number of nitrogens with zero attached hydrogens (tertiary/aromatic N) is 4. The molecule has 0 radical (unpaired) electrons. The lowest BCUT2D eigenvalue weighted by molar-refractivity contribution is -0.394. The van der Waals surface area contributed by atoms with E-state index in [-0.39, 0.29) is 12.2 Å². The topological polar surface area (TPSA) is 130 Å². The van der Waals surface area contributed by atoms with E-state index in [1.165, 1.54) is 0 Å². The average molecular weight is 356 g/mol. The van der Waals surface area contributed by atoms with Crippen molar-refractivity contribution in [2.75, 3.05) is 0 Å². The van der Waals surface area contributed by atoms with Gasteiger partial charge in [-0.1, -0.05) is 6.07 Å². The van der Waals surface area contributed by atoms with Gasteiger partial charge in [0.2, 0.25) is 0 Å². The Morgan fingerprint density at radius 1 is 1.15 bits per heavy atom. The van der Waals surface area contributed by atoms with Gasteiger partial charge in [0.25, 0.3) is 11.4 Å². The fraction of sp³-hybridized carbons (Fsp3) is 0.125. The Kier molecular flexibility index (Phi) is 4.31. The molecular weight excluding hydrogens is 344 g/mol. The van der Waals surface area contributed by atoms with Crippen LogP contribution in [0.25, 0.3) is 5.65 Å². The fourth-order valence-electron chi connectivity index (χ4n) is 2.48. The van der Waals surface area contributed by atoms with Gasteiger partial charge in [-0.2, -0.15) is 0 Å². The van der Waals surface area contributed by atoms with Crippen molar-refractivity contribution >= 4 is 23.0 Å². The van der Waals surface area contributed by atoms with Crippen LogP contribution in [-0.2, 0) is 11.3 Å². The first-order valence-electron chi connectivity index (χ1n) is 7.40. The maximum absolute atomic E-state index is 12.2. The number of fused-ring (bicyclic) bond motifs is 1. The van der Waals surface area contributed by atoms with Crippen molar-refractivity contribution < 1.29 is 19.4 Å². The summed E-state index contributed by atoms with van der Waals surface area (Å²) in [7, 11) is 0. The van der Waals surface area contributed by atoms with Crippen molar-refractivity contribution in [3.63, 3.8) is 0 Å². The molecule has 2 aromatic heterocycles. The van der Waals surface area contributed by atoms with Crippen molar-refractivity contribution in [2.45, 2.75) is 13.5 Å². The van der Waals surface area contributed by atoms with Gasteiger partial charge in [-0.05, 0) is 19.1 Å². The fourth-order valence-corrected chi connectivity index (χ4v) is 2.48. The Labute approximate surface area is 146 Å². The summed E-state index contributed by atoms with van der Waals surface area (Å²) in [5, 5.41) is 21.8. The molecule has 0 fully saturated rings. The lowest BCUT2D eigenvalue weighted by atomic mass is 10.2. The van der Waals surface area contributed by atoms with E-state index >= 15 is 0 Å². The highest BCUT2D eigenvalue weighted by atomic mass is 16.6. The summed E-state index contributed by atoms with van der Waals surface area (Å²) in [4.78, 5) is 36.8. The number of hydrogen-bond acceptors (Lipinski definition) is 7. The number of nitro groups is 2. The third-order valence-electron chi connectivity index (χ3n) is 3.73. The van der Waals surface area contributed by atoms with E-state index in [1.807, 2.05) is 6.07 Å². The number of carbonyl (C=O) groups is 1. The van der Waals surface area contributed by atoms with Gasteiger partial charge in [0, 0.05) is 18.3 Å². The summed E-state index contributed by atoms with van der Waals surface area (Å²) in [6, 6.07) is 8.07.